The fourth-order valence-corrected chi connectivity index (χ4v) is 3.09. The van der Waals surface area contributed by atoms with Crippen LogP contribution < -0.4 is 5.32 Å². The normalized spacial score (nSPS) is 12.4. The van der Waals surface area contributed by atoms with E-state index in [-0.39, 0.29) is 11.9 Å². The van der Waals surface area contributed by atoms with Gasteiger partial charge in [-0.25, -0.2) is 0 Å². The summed E-state index contributed by atoms with van der Waals surface area (Å²) in [7, 11) is 4.01. The number of likely N-dealkylation sites (N-methyl/N-ethyl adjacent to an activating group) is 1. The fourth-order valence-electron chi connectivity index (χ4n) is 1.95. The molecule has 2 aromatic rings. The van der Waals surface area contributed by atoms with Gasteiger partial charge in [-0.1, -0.05) is 29.8 Å². The number of hydrogen-bond donors (Lipinski definition) is 1. The lowest BCUT2D eigenvalue weighted by atomic mass is 10.2. The topological polar surface area (TPSA) is 32.3 Å². The summed E-state index contributed by atoms with van der Waals surface area (Å²) in [6.07, 6.45) is 0. The van der Waals surface area contributed by atoms with E-state index in [0.29, 0.717) is 17.1 Å². The Bertz CT molecular complexity index is 569. The molecular formula is C15H17ClN2OS. The second-order valence-corrected chi connectivity index (χ2v) is 6.07. The second kappa shape index (κ2) is 6.88. The molecule has 1 N–H and O–H groups in total. The maximum atomic E-state index is 12.2. The molecule has 0 fully saturated rings. The van der Waals surface area contributed by atoms with Crippen LogP contribution in [0.15, 0.2) is 41.8 Å². The number of hydrogen-bond acceptors (Lipinski definition) is 3. The molecule has 0 spiro atoms. The van der Waals surface area contributed by atoms with E-state index in [1.807, 2.05) is 37.7 Å². The van der Waals surface area contributed by atoms with Gasteiger partial charge in [-0.05, 0) is 37.7 Å². The van der Waals surface area contributed by atoms with Crippen molar-refractivity contribution in [1.29, 1.82) is 0 Å². The molecule has 1 amide bonds. The van der Waals surface area contributed by atoms with E-state index in [1.54, 1.807) is 23.5 Å². The third kappa shape index (κ3) is 3.60. The van der Waals surface area contributed by atoms with Gasteiger partial charge in [0.1, 0.15) is 0 Å². The highest BCUT2D eigenvalue weighted by molar-refractivity contribution is 7.10. The maximum absolute atomic E-state index is 12.2. The van der Waals surface area contributed by atoms with Crippen molar-refractivity contribution in [3.8, 4) is 0 Å². The number of rotatable bonds is 5. The Balaban J connectivity index is 2.03. The zero-order valence-corrected chi connectivity index (χ0v) is 13.0. The summed E-state index contributed by atoms with van der Waals surface area (Å²) in [5.74, 6) is -0.140. The Labute approximate surface area is 128 Å². The average Bonchev–Trinajstić information content (AvgIpc) is 2.92. The Hall–Kier alpha value is -1.36. The van der Waals surface area contributed by atoms with E-state index >= 15 is 0 Å². The minimum atomic E-state index is -0.140. The first-order chi connectivity index (χ1) is 9.59. The van der Waals surface area contributed by atoms with Gasteiger partial charge in [-0.3, -0.25) is 4.79 Å². The summed E-state index contributed by atoms with van der Waals surface area (Å²) in [5, 5.41) is 5.47. The van der Waals surface area contributed by atoms with E-state index in [1.165, 1.54) is 4.88 Å². The zero-order chi connectivity index (χ0) is 14.5. The second-order valence-electron chi connectivity index (χ2n) is 4.68. The molecule has 0 bridgehead atoms. The van der Waals surface area contributed by atoms with Crippen molar-refractivity contribution in [2.45, 2.75) is 6.04 Å². The van der Waals surface area contributed by atoms with Crippen LogP contribution in [0.1, 0.15) is 21.3 Å². The van der Waals surface area contributed by atoms with Crippen molar-refractivity contribution >= 4 is 28.8 Å². The minimum absolute atomic E-state index is 0.140. The summed E-state index contributed by atoms with van der Waals surface area (Å²) in [4.78, 5) is 15.5. The smallest absolute Gasteiger partial charge is 0.252 e. The number of carbonyl (C=O) groups excluding carboxylic acids is 1. The molecular weight excluding hydrogens is 292 g/mol. The quantitative estimate of drug-likeness (QED) is 0.918. The summed E-state index contributed by atoms with van der Waals surface area (Å²) < 4.78 is 0. The Morgan fingerprint density at radius 3 is 2.65 bits per heavy atom. The van der Waals surface area contributed by atoms with Crippen molar-refractivity contribution < 1.29 is 4.79 Å². The lowest BCUT2D eigenvalue weighted by Crippen LogP contribution is -2.34. The third-order valence-corrected chi connectivity index (χ3v) is 4.37. The molecule has 1 heterocycles. The standard InChI is InChI=1S/C15H17ClN2OS/c1-18(2)13(14-8-5-9-20-14)10-17-15(19)11-6-3-4-7-12(11)16/h3-9,13H,10H2,1-2H3,(H,17,19). The first kappa shape index (κ1) is 15.0. The van der Waals surface area contributed by atoms with E-state index in [2.05, 4.69) is 16.3 Å². The minimum Gasteiger partial charge on any atom is -0.350 e. The van der Waals surface area contributed by atoms with Gasteiger partial charge < -0.3 is 10.2 Å². The lowest BCUT2D eigenvalue weighted by Gasteiger charge is -2.23. The van der Waals surface area contributed by atoms with Crippen LogP contribution >= 0.6 is 22.9 Å². The molecule has 1 atom stereocenters. The van der Waals surface area contributed by atoms with Crippen molar-refractivity contribution in [2.75, 3.05) is 20.6 Å². The highest BCUT2D eigenvalue weighted by Gasteiger charge is 2.17. The van der Waals surface area contributed by atoms with Crippen molar-refractivity contribution in [2.24, 2.45) is 0 Å². The molecule has 0 saturated heterocycles. The van der Waals surface area contributed by atoms with Gasteiger partial charge in [0, 0.05) is 11.4 Å². The van der Waals surface area contributed by atoms with E-state index in [0.717, 1.165) is 0 Å². The molecule has 0 aliphatic heterocycles. The van der Waals surface area contributed by atoms with Gasteiger partial charge in [-0.15, -0.1) is 11.3 Å². The van der Waals surface area contributed by atoms with Crippen molar-refractivity contribution in [3.05, 3.63) is 57.2 Å². The molecule has 1 unspecified atom stereocenters. The maximum Gasteiger partial charge on any atom is 0.252 e. The Morgan fingerprint density at radius 2 is 2.05 bits per heavy atom. The summed E-state index contributed by atoms with van der Waals surface area (Å²) in [6, 6.07) is 11.3. The van der Waals surface area contributed by atoms with Gasteiger partial charge in [0.25, 0.3) is 5.91 Å². The van der Waals surface area contributed by atoms with Crippen LogP contribution in [0.25, 0.3) is 0 Å². The van der Waals surface area contributed by atoms with Crippen LogP contribution in [0.2, 0.25) is 5.02 Å². The number of benzene rings is 1. The van der Waals surface area contributed by atoms with Crippen LogP contribution in [-0.4, -0.2) is 31.4 Å². The Kier molecular flexibility index (Phi) is 5.17. The van der Waals surface area contributed by atoms with Gasteiger partial charge in [0.15, 0.2) is 0 Å². The third-order valence-electron chi connectivity index (χ3n) is 3.07. The first-order valence-corrected chi connectivity index (χ1v) is 7.58. The van der Waals surface area contributed by atoms with Crippen LogP contribution in [0.4, 0.5) is 0 Å². The van der Waals surface area contributed by atoms with Gasteiger partial charge in [-0.2, -0.15) is 0 Å². The molecule has 1 aromatic carbocycles. The first-order valence-electron chi connectivity index (χ1n) is 6.32. The van der Waals surface area contributed by atoms with Gasteiger partial charge >= 0.3 is 0 Å². The van der Waals surface area contributed by atoms with E-state index < -0.39 is 0 Å². The zero-order valence-electron chi connectivity index (χ0n) is 11.5. The Morgan fingerprint density at radius 1 is 1.30 bits per heavy atom. The summed E-state index contributed by atoms with van der Waals surface area (Å²) in [6.45, 7) is 0.553. The fraction of sp³-hybridized carbons (Fsp3) is 0.267. The molecule has 0 radical (unpaired) electrons. The molecule has 2 rings (SSSR count). The van der Waals surface area contributed by atoms with E-state index in [4.69, 9.17) is 11.6 Å². The number of nitrogens with zero attached hydrogens (tertiary/aromatic N) is 1. The molecule has 1 aromatic heterocycles. The van der Waals surface area contributed by atoms with Crippen LogP contribution in [-0.2, 0) is 0 Å². The molecule has 5 heteroatoms. The van der Waals surface area contributed by atoms with Crippen molar-refractivity contribution in [1.82, 2.24) is 10.2 Å². The highest BCUT2D eigenvalue weighted by Crippen LogP contribution is 2.22. The van der Waals surface area contributed by atoms with Crippen molar-refractivity contribution in [3.63, 3.8) is 0 Å². The largest absolute Gasteiger partial charge is 0.350 e. The average molecular weight is 309 g/mol. The highest BCUT2D eigenvalue weighted by atomic mass is 35.5. The molecule has 0 saturated carbocycles. The molecule has 106 valence electrons. The molecule has 20 heavy (non-hydrogen) atoms. The molecule has 3 nitrogen and oxygen atoms in total. The number of carbonyl (C=O) groups is 1. The SMILES string of the molecule is CN(C)C(CNC(=O)c1ccccc1Cl)c1cccs1. The van der Waals surface area contributed by atoms with Gasteiger partial charge in [0.2, 0.25) is 0 Å². The van der Waals surface area contributed by atoms with Crippen LogP contribution in [0, 0.1) is 0 Å². The van der Waals surface area contributed by atoms with Crippen LogP contribution in [0.5, 0.6) is 0 Å². The van der Waals surface area contributed by atoms with Crippen LogP contribution in [0.3, 0.4) is 0 Å². The lowest BCUT2D eigenvalue weighted by molar-refractivity contribution is 0.0942. The molecule has 0 aliphatic carbocycles. The molecule has 0 aliphatic rings. The number of nitrogens with one attached hydrogen (secondary N) is 1. The number of halogens is 1. The summed E-state index contributed by atoms with van der Waals surface area (Å²) in [5.41, 5.74) is 0.512. The monoisotopic (exact) mass is 308 g/mol. The number of thiophene rings is 1. The summed E-state index contributed by atoms with van der Waals surface area (Å²) >= 11 is 7.72. The predicted molar refractivity (Wildman–Crippen MR) is 84.5 cm³/mol. The predicted octanol–water partition coefficient (Wildman–Crippen LogP) is 3.43. The van der Waals surface area contributed by atoms with E-state index in [9.17, 15) is 4.79 Å². The number of amides is 1. The van der Waals surface area contributed by atoms with Gasteiger partial charge in [0.05, 0.1) is 16.6 Å².